The Morgan fingerprint density at radius 1 is 0.792 bits per heavy atom. The van der Waals surface area contributed by atoms with Crippen LogP contribution in [0.3, 0.4) is 0 Å². The number of carbonyl (C=O) groups is 5. The van der Waals surface area contributed by atoms with E-state index in [9.17, 15) is 32.4 Å². The van der Waals surface area contributed by atoms with E-state index in [4.69, 9.17) is 5.14 Å². The molecule has 4 aliphatic rings. The molecule has 0 spiro atoms. The lowest BCUT2D eigenvalue weighted by molar-refractivity contribution is -0.141. The molecule has 4 bridgehead atoms. The number of primary sulfonamides is 1. The van der Waals surface area contributed by atoms with Gasteiger partial charge in [-0.3, -0.25) is 24.0 Å². The summed E-state index contributed by atoms with van der Waals surface area (Å²) in [5, 5.41) is 16.1. The first-order valence-corrected chi connectivity index (χ1v) is 18.1. The Hall–Kier alpha value is -4.10. The standard InChI is InChI=1S/C35H45N5O7S/c1-20(2)28(29(41)33(44)37-19-22-9-11-27(12-10-22)48(36,46)47)39-31(42)21(3)38-34(45)30(40-32(43)26-7-5-4-6-8-26)35-16-23-13-24(17-35)15-25(14-23)18-35/h4-12,20-21,23-25,28,30H,13-19H2,1-3H3,(H,37,44)(H,38,45)(H,39,42)(H,40,43)(H2,36,46,47)/t21-,23?,24?,25?,28-,30+,35?/m0/s1. The maximum absolute atomic E-state index is 14.0. The van der Waals surface area contributed by atoms with Crippen LogP contribution >= 0.6 is 0 Å². The molecular weight excluding hydrogens is 634 g/mol. The van der Waals surface area contributed by atoms with Gasteiger partial charge < -0.3 is 21.3 Å². The van der Waals surface area contributed by atoms with E-state index in [0.29, 0.717) is 28.9 Å². The van der Waals surface area contributed by atoms with Gasteiger partial charge in [0.15, 0.2) is 0 Å². The first-order valence-electron chi connectivity index (χ1n) is 16.6. The lowest BCUT2D eigenvalue weighted by atomic mass is 9.47. The summed E-state index contributed by atoms with van der Waals surface area (Å²) in [4.78, 5) is 66.6. The third-order valence-electron chi connectivity index (χ3n) is 10.2. The highest BCUT2D eigenvalue weighted by atomic mass is 32.2. The molecule has 0 saturated heterocycles. The average molecular weight is 680 g/mol. The zero-order valence-corrected chi connectivity index (χ0v) is 28.3. The summed E-state index contributed by atoms with van der Waals surface area (Å²) >= 11 is 0. The quantitative estimate of drug-likeness (QED) is 0.200. The molecule has 12 nitrogen and oxygen atoms in total. The number of rotatable bonds is 13. The average Bonchev–Trinajstić information content (AvgIpc) is 3.03. The van der Waals surface area contributed by atoms with Crippen molar-refractivity contribution in [2.24, 2.45) is 34.2 Å². The second-order valence-electron chi connectivity index (χ2n) is 14.2. The second-order valence-corrected chi connectivity index (χ2v) is 15.8. The van der Waals surface area contributed by atoms with Crippen LogP contribution in [0, 0.1) is 29.1 Å². The van der Waals surface area contributed by atoms with Crippen LogP contribution < -0.4 is 26.4 Å². The molecule has 2 aromatic carbocycles. The fourth-order valence-corrected chi connectivity index (χ4v) is 8.73. The molecule has 258 valence electrons. The van der Waals surface area contributed by atoms with E-state index in [0.717, 1.165) is 38.5 Å². The van der Waals surface area contributed by atoms with Crippen LogP contribution in [0.4, 0.5) is 0 Å². The summed E-state index contributed by atoms with van der Waals surface area (Å²) < 4.78 is 23.0. The van der Waals surface area contributed by atoms with E-state index in [2.05, 4.69) is 21.3 Å². The number of sulfonamides is 1. The van der Waals surface area contributed by atoms with Gasteiger partial charge in [0.2, 0.25) is 27.6 Å². The minimum absolute atomic E-state index is 0.0545. The van der Waals surface area contributed by atoms with Gasteiger partial charge in [-0.15, -0.1) is 0 Å². The molecule has 6 N–H and O–H groups in total. The van der Waals surface area contributed by atoms with E-state index in [1.54, 1.807) is 38.1 Å². The van der Waals surface area contributed by atoms with Crippen molar-refractivity contribution in [3.8, 4) is 0 Å². The van der Waals surface area contributed by atoms with Crippen molar-refractivity contribution in [2.45, 2.75) is 88.9 Å². The summed E-state index contributed by atoms with van der Waals surface area (Å²) in [5.74, 6) is -2.10. The lowest BCUT2D eigenvalue weighted by Gasteiger charge is -2.59. The zero-order chi connectivity index (χ0) is 34.8. The third-order valence-corrected chi connectivity index (χ3v) is 11.1. The van der Waals surface area contributed by atoms with Crippen LogP contribution in [0.15, 0.2) is 59.5 Å². The maximum atomic E-state index is 14.0. The van der Waals surface area contributed by atoms with Crippen molar-refractivity contribution in [2.75, 3.05) is 0 Å². The van der Waals surface area contributed by atoms with E-state index < -0.39 is 63.0 Å². The number of hydrogen-bond donors (Lipinski definition) is 5. The molecule has 0 aliphatic heterocycles. The minimum Gasteiger partial charge on any atom is -0.345 e. The van der Waals surface area contributed by atoms with Gasteiger partial charge in [0.05, 0.1) is 10.9 Å². The molecule has 0 radical (unpaired) electrons. The molecule has 4 aliphatic carbocycles. The predicted molar refractivity (Wildman–Crippen MR) is 177 cm³/mol. The number of nitrogens with one attached hydrogen (secondary N) is 4. The number of Topliss-reactive ketones (excluding diaryl/α,β-unsaturated/α-hetero) is 1. The molecule has 3 atom stereocenters. The van der Waals surface area contributed by atoms with Crippen molar-refractivity contribution < 1.29 is 32.4 Å². The molecule has 0 aromatic heterocycles. The molecule has 4 saturated carbocycles. The predicted octanol–water partition coefficient (Wildman–Crippen LogP) is 2.18. The maximum Gasteiger partial charge on any atom is 0.289 e. The highest BCUT2D eigenvalue weighted by Gasteiger charge is 2.56. The Morgan fingerprint density at radius 2 is 1.35 bits per heavy atom. The van der Waals surface area contributed by atoms with Crippen LogP contribution in [-0.2, 0) is 35.7 Å². The van der Waals surface area contributed by atoms with Gasteiger partial charge in [-0.05, 0) is 98.9 Å². The monoisotopic (exact) mass is 679 g/mol. The number of ketones is 1. The molecule has 4 amide bonds. The number of benzene rings is 2. The summed E-state index contributed by atoms with van der Waals surface area (Å²) in [6.45, 7) is 4.83. The van der Waals surface area contributed by atoms with Crippen molar-refractivity contribution in [3.05, 3.63) is 65.7 Å². The van der Waals surface area contributed by atoms with Crippen molar-refractivity contribution in [1.29, 1.82) is 0 Å². The number of hydrogen-bond acceptors (Lipinski definition) is 7. The van der Waals surface area contributed by atoms with E-state index in [1.165, 1.54) is 31.2 Å². The Balaban J connectivity index is 1.23. The normalized spacial score (nSPS) is 24.6. The Morgan fingerprint density at radius 3 is 1.88 bits per heavy atom. The van der Waals surface area contributed by atoms with E-state index in [-0.39, 0.29) is 17.3 Å². The van der Waals surface area contributed by atoms with Gasteiger partial charge in [-0.25, -0.2) is 13.6 Å². The van der Waals surface area contributed by atoms with Crippen LogP contribution in [0.2, 0.25) is 0 Å². The van der Waals surface area contributed by atoms with Gasteiger partial charge >= 0.3 is 0 Å². The Labute approximate surface area is 281 Å². The second kappa shape index (κ2) is 14.2. The van der Waals surface area contributed by atoms with Gasteiger partial charge in [0, 0.05) is 17.5 Å². The van der Waals surface area contributed by atoms with Crippen LogP contribution in [0.1, 0.15) is 75.2 Å². The summed E-state index contributed by atoms with van der Waals surface area (Å²) in [6.07, 6.45) is 6.01. The first-order chi connectivity index (χ1) is 22.6. The van der Waals surface area contributed by atoms with Crippen LogP contribution in [0.5, 0.6) is 0 Å². The molecule has 48 heavy (non-hydrogen) atoms. The lowest BCUT2D eigenvalue weighted by Crippen LogP contribution is -2.64. The zero-order valence-electron chi connectivity index (χ0n) is 27.5. The molecular formula is C35H45N5O7S. The van der Waals surface area contributed by atoms with Gasteiger partial charge in [-0.1, -0.05) is 44.2 Å². The molecule has 0 heterocycles. The first kappa shape index (κ1) is 35.2. The summed E-state index contributed by atoms with van der Waals surface area (Å²) in [6, 6.07) is 11.2. The Kier molecular flexibility index (Phi) is 10.4. The third kappa shape index (κ3) is 7.95. The Bertz CT molecular complexity index is 1620. The largest absolute Gasteiger partial charge is 0.345 e. The van der Waals surface area contributed by atoms with E-state index >= 15 is 0 Å². The van der Waals surface area contributed by atoms with Gasteiger partial charge in [-0.2, -0.15) is 0 Å². The number of nitrogens with two attached hydrogens (primary N) is 1. The molecule has 2 aromatic rings. The van der Waals surface area contributed by atoms with Crippen molar-refractivity contribution in [1.82, 2.24) is 21.3 Å². The van der Waals surface area contributed by atoms with E-state index in [1.807, 2.05) is 6.07 Å². The van der Waals surface area contributed by atoms with Crippen molar-refractivity contribution >= 4 is 39.4 Å². The summed E-state index contributed by atoms with van der Waals surface area (Å²) in [7, 11) is -3.87. The van der Waals surface area contributed by atoms with Crippen LogP contribution in [0.25, 0.3) is 0 Å². The fraction of sp³-hybridized carbons (Fsp3) is 0.514. The smallest absolute Gasteiger partial charge is 0.289 e. The molecule has 4 fully saturated rings. The number of carbonyl (C=O) groups excluding carboxylic acids is 5. The molecule has 0 unspecified atom stereocenters. The topological polar surface area (TPSA) is 194 Å². The SMILES string of the molecule is CC(C)[C@H](NC(=O)[C@H](C)NC(=O)[C@@H](NC(=O)c1ccccc1)C12CC3CC(CC(C3)C1)C2)C(=O)C(=O)NCc1ccc(S(N)(=O)=O)cc1. The van der Waals surface area contributed by atoms with Crippen LogP contribution in [-0.4, -0.2) is 56.0 Å². The van der Waals surface area contributed by atoms with Crippen molar-refractivity contribution in [3.63, 3.8) is 0 Å². The number of amides is 4. The molecule has 6 rings (SSSR count). The van der Waals surface area contributed by atoms with Gasteiger partial charge in [0.1, 0.15) is 12.1 Å². The summed E-state index contributed by atoms with van der Waals surface area (Å²) in [5.41, 5.74) is 0.591. The molecule has 13 heteroatoms. The fourth-order valence-electron chi connectivity index (χ4n) is 8.22. The highest BCUT2D eigenvalue weighted by molar-refractivity contribution is 7.89. The van der Waals surface area contributed by atoms with Gasteiger partial charge in [0.25, 0.3) is 11.8 Å². The highest BCUT2D eigenvalue weighted by Crippen LogP contribution is 2.61. The minimum atomic E-state index is -3.87.